The van der Waals surface area contributed by atoms with E-state index in [-0.39, 0.29) is 0 Å². The van der Waals surface area contributed by atoms with Crippen molar-refractivity contribution in [2.45, 2.75) is 46.5 Å². The molecule has 0 radical (unpaired) electrons. The maximum Gasteiger partial charge on any atom is -0.0280 e. The molecule has 0 heterocycles. The zero-order valence-corrected chi connectivity index (χ0v) is 7.41. The van der Waals surface area contributed by atoms with E-state index in [1.54, 1.807) is 11.1 Å². The molecule has 0 aromatic rings. The third-order valence-electron chi connectivity index (χ3n) is 2.19. The summed E-state index contributed by atoms with van der Waals surface area (Å²) in [5, 5.41) is 0. The first kappa shape index (κ1) is 7.84. The van der Waals surface area contributed by atoms with E-state index in [9.17, 15) is 0 Å². The first-order valence-electron chi connectivity index (χ1n) is 4.56. The number of hydrogen-bond acceptors (Lipinski definition) is 0. The second kappa shape index (κ2) is 3.23. The molecular formula is C10H18. The van der Waals surface area contributed by atoms with Gasteiger partial charge in [0, 0.05) is 0 Å². The van der Waals surface area contributed by atoms with E-state index >= 15 is 0 Å². The lowest BCUT2D eigenvalue weighted by atomic mass is 9.81. The van der Waals surface area contributed by atoms with Crippen molar-refractivity contribution in [2.75, 3.05) is 0 Å². The van der Waals surface area contributed by atoms with Gasteiger partial charge in [0.15, 0.2) is 0 Å². The number of allylic oxidation sites excluding steroid dienone is 2. The molecule has 2 aliphatic carbocycles. The Morgan fingerprint density at radius 1 is 1.00 bits per heavy atom. The van der Waals surface area contributed by atoms with Crippen molar-refractivity contribution >= 4 is 0 Å². The molecule has 58 valence electrons. The summed E-state index contributed by atoms with van der Waals surface area (Å²) in [4.78, 5) is 0. The van der Waals surface area contributed by atoms with Crippen LogP contribution in [-0.4, -0.2) is 0 Å². The molecular weight excluding hydrogens is 120 g/mol. The lowest BCUT2D eigenvalue weighted by Gasteiger charge is -2.25. The predicted octanol–water partition coefficient (Wildman–Crippen LogP) is 3.53. The van der Waals surface area contributed by atoms with Crippen LogP contribution < -0.4 is 0 Å². The molecule has 0 aromatic heterocycles. The molecule has 2 saturated carbocycles. The molecule has 0 nitrogen and oxygen atoms in total. The highest BCUT2D eigenvalue weighted by Crippen LogP contribution is 2.43. The Kier molecular flexibility index (Phi) is 2.53. The Bertz CT molecular complexity index is 128. The maximum absolute atomic E-state index is 2.34. The molecule has 10 heavy (non-hydrogen) atoms. The van der Waals surface area contributed by atoms with E-state index in [4.69, 9.17) is 0 Å². The highest BCUT2D eigenvalue weighted by Gasteiger charge is 2.26. The van der Waals surface area contributed by atoms with Gasteiger partial charge in [0.2, 0.25) is 0 Å². The van der Waals surface area contributed by atoms with Gasteiger partial charge in [-0.3, -0.25) is 0 Å². The largest absolute Gasteiger partial charge is 0.0704 e. The summed E-state index contributed by atoms with van der Waals surface area (Å²) in [6.07, 6.45) is 5.72. The lowest BCUT2D eigenvalue weighted by molar-refractivity contribution is 0.458. The molecule has 0 unspecified atom stereocenters. The lowest BCUT2D eigenvalue weighted by Crippen LogP contribution is -2.09. The maximum atomic E-state index is 2.34. The van der Waals surface area contributed by atoms with Gasteiger partial charge in [-0.15, -0.1) is 0 Å². The second-order valence-electron chi connectivity index (χ2n) is 3.22. The Labute approximate surface area is 64.3 Å². The quantitative estimate of drug-likeness (QED) is 0.449. The van der Waals surface area contributed by atoms with E-state index < -0.39 is 0 Å². The van der Waals surface area contributed by atoms with E-state index in [0.29, 0.717) is 0 Å². The van der Waals surface area contributed by atoms with Gasteiger partial charge in [0.05, 0.1) is 0 Å². The van der Waals surface area contributed by atoms with Crippen LogP contribution in [-0.2, 0) is 0 Å². The van der Waals surface area contributed by atoms with Crippen LogP contribution in [0, 0.1) is 5.92 Å². The molecule has 2 aliphatic rings. The molecule has 0 N–H and O–H groups in total. The van der Waals surface area contributed by atoms with Crippen molar-refractivity contribution in [3.63, 3.8) is 0 Å². The van der Waals surface area contributed by atoms with Crippen LogP contribution in [0.15, 0.2) is 11.1 Å². The fraction of sp³-hybridized carbons (Fsp3) is 0.800. The summed E-state index contributed by atoms with van der Waals surface area (Å²) in [7, 11) is 0. The fourth-order valence-electron chi connectivity index (χ4n) is 1.49. The van der Waals surface area contributed by atoms with Gasteiger partial charge in [-0.1, -0.05) is 31.9 Å². The standard InChI is InChI=1S/C8H12.C2H6/c1-6-4-8(5-6)7-2-3-7;1-2/h6H,2-5H2,1H3;1-2H3. The Morgan fingerprint density at radius 2 is 1.50 bits per heavy atom. The van der Waals surface area contributed by atoms with Crippen LogP contribution in [0.5, 0.6) is 0 Å². The van der Waals surface area contributed by atoms with Crippen LogP contribution in [0.25, 0.3) is 0 Å². The molecule has 0 bridgehead atoms. The average Bonchev–Trinajstić information content (AvgIpc) is 2.68. The van der Waals surface area contributed by atoms with Crippen LogP contribution in [0.3, 0.4) is 0 Å². The van der Waals surface area contributed by atoms with Gasteiger partial charge in [-0.05, 0) is 31.6 Å². The SMILES string of the molecule is CC.CC1CC(=C2CC2)C1. The highest BCUT2D eigenvalue weighted by molar-refractivity contribution is 5.29. The molecule has 0 heteroatoms. The molecule has 0 aliphatic heterocycles. The summed E-state index contributed by atoms with van der Waals surface area (Å²) < 4.78 is 0. The smallest absolute Gasteiger partial charge is 0.0280 e. The summed E-state index contributed by atoms with van der Waals surface area (Å²) >= 11 is 0. The van der Waals surface area contributed by atoms with Crippen LogP contribution in [0.4, 0.5) is 0 Å². The third kappa shape index (κ3) is 1.62. The van der Waals surface area contributed by atoms with Crippen molar-refractivity contribution in [3.8, 4) is 0 Å². The van der Waals surface area contributed by atoms with Gasteiger partial charge >= 0.3 is 0 Å². The molecule has 0 aromatic carbocycles. The monoisotopic (exact) mass is 138 g/mol. The molecule has 2 fully saturated rings. The van der Waals surface area contributed by atoms with Gasteiger partial charge in [-0.25, -0.2) is 0 Å². The predicted molar refractivity (Wildman–Crippen MR) is 46.0 cm³/mol. The van der Waals surface area contributed by atoms with E-state index in [0.717, 1.165) is 5.92 Å². The summed E-state index contributed by atoms with van der Waals surface area (Å²) in [5.74, 6) is 1.01. The van der Waals surface area contributed by atoms with E-state index in [1.807, 2.05) is 13.8 Å². The normalized spacial score (nSPS) is 28.5. The molecule has 0 saturated heterocycles. The Hall–Kier alpha value is -0.260. The van der Waals surface area contributed by atoms with Crippen molar-refractivity contribution in [1.29, 1.82) is 0 Å². The number of rotatable bonds is 0. The van der Waals surface area contributed by atoms with Crippen LogP contribution in [0.2, 0.25) is 0 Å². The minimum atomic E-state index is 1.01. The third-order valence-corrected chi connectivity index (χ3v) is 2.19. The fourth-order valence-corrected chi connectivity index (χ4v) is 1.49. The van der Waals surface area contributed by atoms with Gasteiger partial charge in [0.25, 0.3) is 0 Å². The van der Waals surface area contributed by atoms with Crippen molar-refractivity contribution in [1.82, 2.24) is 0 Å². The van der Waals surface area contributed by atoms with Crippen LogP contribution >= 0.6 is 0 Å². The molecule has 0 spiro atoms. The highest BCUT2D eigenvalue weighted by atomic mass is 14.3. The Morgan fingerprint density at radius 3 is 1.80 bits per heavy atom. The van der Waals surface area contributed by atoms with Crippen molar-refractivity contribution in [3.05, 3.63) is 11.1 Å². The van der Waals surface area contributed by atoms with Gasteiger partial charge in [0.1, 0.15) is 0 Å². The van der Waals surface area contributed by atoms with Crippen LogP contribution in [0.1, 0.15) is 46.5 Å². The molecule has 0 atom stereocenters. The topological polar surface area (TPSA) is 0 Å². The minimum absolute atomic E-state index is 1.01. The van der Waals surface area contributed by atoms with E-state index in [2.05, 4.69) is 6.92 Å². The van der Waals surface area contributed by atoms with E-state index in [1.165, 1.54) is 25.7 Å². The van der Waals surface area contributed by atoms with Crippen molar-refractivity contribution in [2.24, 2.45) is 5.92 Å². The summed E-state index contributed by atoms with van der Waals surface area (Å²) in [5.41, 5.74) is 3.60. The summed E-state index contributed by atoms with van der Waals surface area (Å²) in [6.45, 7) is 6.34. The Balaban J connectivity index is 0.000000231. The average molecular weight is 138 g/mol. The molecule has 0 amide bonds. The first-order chi connectivity index (χ1) is 4.86. The van der Waals surface area contributed by atoms with Crippen molar-refractivity contribution < 1.29 is 0 Å². The number of hydrogen-bond donors (Lipinski definition) is 0. The molecule has 2 rings (SSSR count). The zero-order valence-electron chi connectivity index (χ0n) is 7.41. The summed E-state index contributed by atoms with van der Waals surface area (Å²) in [6, 6.07) is 0. The minimum Gasteiger partial charge on any atom is -0.0704 e. The van der Waals surface area contributed by atoms with Gasteiger partial charge in [-0.2, -0.15) is 0 Å². The first-order valence-corrected chi connectivity index (χ1v) is 4.56. The zero-order chi connectivity index (χ0) is 7.56. The van der Waals surface area contributed by atoms with Gasteiger partial charge < -0.3 is 0 Å². The second-order valence-corrected chi connectivity index (χ2v) is 3.22.